The molecule has 1 atom stereocenters. The number of nitrogens with one attached hydrogen (secondary N) is 2. The molecule has 1 unspecified atom stereocenters. The molecule has 1 saturated heterocycles. The maximum Gasteiger partial charge on any atom is 0.191 e. The highest BCUT2D eigenvalue weighted by Gasteiger charge is 2.22. The molecule has 7 heteroatoms. The first-order valence-electron chi connectivity index (χ1n) is 9.69. The number of benzene rings is 2. The van der Waals surface area contributed by atoms with Gasteiger partial charge < -0.3 is 25.0 Å². The molecular formula is C22H31IN4O2. The van der Waals surface area contributed by atoms with Crippen molar-refractivity contribution in [1.29, 1.82) is 0 Å². The molecule has 0 radical (unpaired) electrons. The van der Waals surface area contributed by atoms with Crippen LogP contribution in [0.15, 0.2) is 53.5 Å². The van der Waals surface area contributed by atoms with E-state index in [1.165, 1.54) is 12.1 Å². The van der Waals surface area contributed by atoms with E-state index in [2.05, 4.69) is 50.9 Å². The molecule has 0 spiro atoms. The fourth-order valence-electron chi connectivity index (χ4n) is 3.51. The highest BCUT2D eigenvalue weighted by molar-refractivity contribution is 14.0. The van der Waals surface area contributed by atoms with Gasteiger partial charge in [-0.05, 0) is 42.2 Å². The van der Waals surface area contributed by atoms with Gasteiger partial charge in [-0.3, -0.25) is 4.99 Å². The van der Waals surface area contributed by atoms with E-state index in [1.807, 2.05) is 18.2 Å². The Morgan fingerprint density at radius 2 is 1.83 bits per heavy atom. The molecule has 1 aliphatic heterocycles. The van der Waals surface area contributed by atoms with Crippen LogP contribution in [-0.2, 0) is 6.54 Å². The van der Waals surface area contributed by atoms with Gasteiger partial charge in [0.25, 0.3) is 0 Å². The third-order valence-corrected chi connectivity index (χ3v) is 5.10. The molecule has 0 saturated carbocycles. The number of rotatable bonds is 7. The Bertz CT molecular complexity index is 786. The second-order valence-electron chi connectivity index (χ2n) is 6.93. The second-order valence-corrected chi connectivity index (χ2v) is 6.93. The molecule has 0 bridgehead atoms. The van der Waals surface area contributed by atoms with E-state index in [0.717, 1.165) is 42.7 Å². The Morgan fingerprint density at radius 1 is 1.07 bits per heavy atom. The van der Waals surface area contributed by atoms with E-state index in [4.69, 9.17) is 9.47 Å². The SMILES string of the molecule is CN=C(NCc1ccc(OC)c(OC)c1)NCC1CCN(c2ccccc2)C1.I. The summed E-state index contributed by atoms with van der Waals surface area (Å²) in [6, 6.07) is 16.5. The summed E-state index contributed by atoms with van der Waals surface area (Å²) in [5.74, 6) is 2.89. The normalized spacial score (nSPS) is 16.2. The molecular weight excluding hydrogens is 479 g/mol. The highest BCUT2D eigenvalue weighted by Crippen LogP contribution is 2.27. The molecule has 6 nitrogen and oxygen atoms in total. The third-order valence-electron chi connectivity index (χ3n) is 5.10. The van der Waals surface area contributed by atoms with Crippen molar-refractivity contribution in [1.82, 2.24) is 10.6 Å². The lowest BCUT2D eigenvalue weighted by Crippen LogP contribution is -2.39. The summed E-state index contributed by atoms with van der Waals surface area (Å²) in [5, 5.41) is 6.83. The van der Waals surface area contributed by atoms with E-state index in [9.17, 15) is 0 Å². The number of ether oxygens (including phenoxy) is 2. The van der Waals surface area contributed by atoms with Gasteiger partial charge in [0, 0.05) is 38.9 Å². The maximum absolute atomic E-state index is 5.37. The molecule has 2 aromatic rings. The monoisotopic (exact) mass is 510 g/mol. The summed E-state index contributed by atoms with van der Waals surface area (Å²) in [6.45, 7) is 3.76. The molecule has 2 aromatic carbocycles. The molecule has 1 aliphatic rings. The quantitative estimate of drug-likeness (QED) is 0.339. The molecule has 0 amide bonds. The van der Waals surface area contributed by atoms with Gasteiger partial charge in [-0.25, -0.2) is 0 Å². The minimum Gasteiger partial charge on any atom is -0.493 e. The molecule has 1 fully saturated rings. The van der Waals surface area contributed by atoms with Crippen LogP contribution in [0.1, 0.15) is 12.0 Å². The molecule has 0 aromatic heterocycles. The van der Waals surface area contributed by atoms with Gasteiger partial charge in [-0.2, -0.15) is 0 Å². The molecule has 3 rings (SSSR count). The number of guanidine groups is 1. The Hall–Kier alpha value is -2.16. The summed E-state index contributed by atoms with van der Waals surface area (Å²) in [6.07, 6.45) is 1.19. The van der Waals surface area contributed by atoms with Crippen LogP contribution >= 0.6 is 24.0 Å². The third kappa shape index (κ3) is 6.42. The predicted molar refractivity (Wildman–Crippen MR) is 130 cm³/mol. The summed E-state index contributed by atoms with van der Waals surface area (Å²) in [7, 11) is 5.09. The number of para-hydroxylation sites is 1. The van der Waals surface area contributed by atoms with Crippen LogP contribution in [0.3, 0.4) is 0 Å². The first-order valence-corrected chi connectivity index (χ1v) is 9.69. The van der Waals surface area contributed by atoms with E-state index < -0.39 is 0 Å². The lowest BCUT2D eigenvalue weighted by molar-refractivity contribution is 0.354. The van der Waals surface area contributed by atoms with Crippen LogP contribution in [-0.4, -0.2) is 46.9 Å². The van der Waals surface area contributed by atoms with Crippen LogP contribution in [0, 0.1) is 5.92 Å². The van der Waals surface area contributed by atoms with Crippen LogP contribution < -0.4 is 25.0 Å². The van der Waals surface area contributed by atoms with Gasteiger partial charge in [0.2, 0.25) is 0 Å². The first kappa shape index (κ1) is 23.1. The number of aliphatic imine (C=N–C) groups is 1. The van der Waals surface area contributed by atoms with Crippen LogP contribution in [0.25, 0.3) is 0 Å². The first-order chi connectivity index (χ1) is 13.7. The van der Waals surface area contributed by atoms with E-state index in [-0.39, 0.29) is 24.0 Å². The number of methoxy groups -OCH3 is 2. The number of nitrogens with zero attached hydrogens (tertiary/aromatic N) is 2. The van der Waals surface area contributed by atoms with E-state index >= 15 is 0 Å². The minimum atomic E-state index is 0. The zero-order chi connectivity index (χ0) is 19.8. The topological polar surface area (TPSA) is 58.1 Å². The van der Waals surface area contributed by atoms with E-state index in [1.54, 1.807) is 21.3 Å². The summed E-state index contributed by atoms with van der Waals surface area (Å²) in [4.78, 5) is 6.79. The van der Waals surface area contributed by atoms with Gasteiger partial charge in [-0.1, -0.05) is 24.3 Å². The summed E-state index contributed by atoms with van der Waals surface area (Å²) >= 11 is 0. The molecule has 158 valence electrons. The van der Waals surface area contributed by atoms with Crippen LogP contribution in [0.2, 0.25) is 0 Å². The maximum atomic E-state index is 5.37. The smallest absolute Gasteiger partial charge is 0.191 e. The largest absolute Gasteiger partial charge is 0.493 e. The van der Waals surface area contributed by atoms with Gasteiger partial charge in [0.1, 0.15) is 0 Å². The van der Waals surface area contributed by atoms with Crippen LogP contribution in [0.4, 0.5) is 5.69 Å². The summed E-state index contributed by atoms with van der Waals surface area (Å²) < 4.78 is 10.7. The Kier molecular flexibility index (Phi) is 9.37. The van der Waals surface area contributed by atoms with Gasteiger partial charge in [0.15, 0.2) is 17.5 Å². The number of anilines is 1. The van der Waals surface area contributed by atoms with Crippen LogP contribution in [0.5, 0.6) is 11.5 Å². The molecule has 2 N–H and O–H groups in total. The fraction of sp³-hybridized carbons (Fsp3) is 0.409. The Balaban J connectivity index is 0.00000300. The average Bonchev–Trinajstić information content (AvgIpc) is 3.23. The highest BCUT2D eigenvalue weighted by atomic mass is 127. The number of halogens is 1. The Morgan fingerprint density at radius 3 is 2.52 bits per heavy atom. The Labute approximate surface area is 190 Å². The predicted octanol–water partition coefficient (Wildman–Crippen LogP) is 3.51. The van der Waals surface area contributed by atoms with Crippen molar-refractivity contribution in [3.05, 3.63) is 54.1 Å². The lowest BCUT2D eigenvalue weighted by atomic mass is 10.1. The lowest BCUT2D eigenvalue weighted by Gasteiger charge is -2.19. The van der Waals surface area contributed by atoms with Crippen molar-refractivity contribution < 1.29 is 9.47 Å². The fourth-order valence-corrected chi connectivity index (χ4v) is 3.51. The van der Waals surface area contributed by atoms with Gasteiger partial charge in [0.05, 0.1) is 14.2 Å². The van der Waals surface area contributed by atoms with Gasteiger partial charge >= 0.3 is 0 Å². The zero-order valence-electron chi connectivity index (χ0n) is 17.4. The molecule has 1 heterocycles. The number of hydrogen-bond donors (Lipinski definition) is 2. The van der Waals surface area contributed by atoms with E-state index in [0.29, 0.717) is 12.5 Å². The second kappa shape index (κ2) is 11.7. The summed E-state index contributed by atoms with van der Waals surface area (Å²) in [5.41, 5.74) is 2.41. The van der Waals surface area contributed by atoms with Crippen molar-refractivity contribution >= 4 is 35.6 Å². The number of hydrogen-bond acceptors (Lipinski definition) is 4. The van der Waals surface area contributed by atoms with Gasteiger partial charge in [-0.15, -0.1) is 24.0 Å². The standard InChI is InChI=1S/C22H30N4O2.HI/c1-23-22(24-14-17-9-10-20(27-2)21(13-17)28-3)25-15-18-11-12-26(16-18)19-7-5-4-6-8-19;/h4-10,13,18H,11-12,14-16H2,1-3H3,(H2,23,24,25);1H. The van der Waals surface area contributed by atoms with Crippen molar-refractivity contribution in [2.75, 3.05) is 45.8 Å². The molecule has 0 aliphatic carbocycles. The van der Waals surface area contributed by atoms with Crippen molar-refractivity contribution in [2.45, 2.75) is 13.0 Å². The molecule has 29 heavy (non-hydrogen) atoms. The zero-order valence-corrected chi connectivity index (χ0v) is 19.7. The van der Waals surface area contributed by atoms with Crippen molar-refractivity contribution in [3.8, 4) is 11.5 Å². The van der Waals surface area contributed by atoms with Crippen molar-refractivity contribution in [2.24, 2.45) is 10.9 Å². The average molecular weight is 510 g/mol. The minimum absolute atomic E-state index is 0. The van der Waals surface area contributed by atoms with Crippen molar-refractivity contribution in [3.63, 3.8) is 0 Å².